The summed E-state index contributed by atoms with van der Waals surface area (Å²) in [7, 11) is 0. The van der Waals surface area contributed by atoms with Gasteiger partial charge in [-0.2, -0.15) is 0 Å². The van der Waals surface area contributed by atoms with Crippen LogP contribution in [0.25, 0.3) is 0 Å². The van der Waals surface area contributed by atoms with Crippen molar-refractivity contribution in [2.75, 3.05) is 0 Å². The second kappa shape index (κ2) is 5.73. The molecule has 1 N–H and O–H groups in total. The molecule has 0 aliphatic carbocycles. The minimum atomic E-state index is -0.324. The van der Waals surface area contributed by atoms with Gasteiger partial charge in [0.15, 0.2) is 0 Å². The van der Waals surface area contributed by atoms with Crippen LogP contribution in [0.3, 0.4) is 0 Å². The first-order valence-corrected chi connectivity index (χ1v) is 4.73. The van der Waals surface area contributed by atoms with Gasteiger partial charge in [-0.15, -0.1) is 0 Å². The van der Waals surface area contributed by atoms with E-state index in [1.807, 2.05) is 27.7 Å². The van der Waals surface area contributed by atoms with Crippen LogP contribution < -0.4 is 5.32 Å². The molecule has 0 radical (unpaired) electrons. The van der Waals surface area contributed by atoms with Gasteiger partial charge in [-0.3, -0.25) is 4.79 Å². The summed E-state index contributed by atoms with van der Waals surface area (Å²) in [5, 5.41) is 2.69. The Balaban J connectivity index is 3.98. The molecule has 0 rings (SSSR count). The minimum absolute atomic E-state index is 0.0576. The van der Waals surface area contributed by atoms with Crippen LogP contribution in [-0.4, -0.2) is 18.2 Å². The van der Waals surface area contributed by atoms with E-state index in [4.69, 9.17) is 0 Å². The Labute approximate surface area is 79.9 Å². The Kier molecular flexibility index (Phi) is 5.35. The first-order chi connectivity index (χ1) is 5.97. The molecule has 0 bridgehead atoms. The molecule has 0 saturated carbocycles. The maximum absolute atomic E-state index is 11.2. The summed E-state index contributed by atoms with van der Waals surface area (Å²) in [5.41, 5.74) is 0. The van der Waals surface area contributed by atoms with Gasteiger partial charge in [0.2, 0.25) is 5.91 Å². The highest BCUT2D eigenvalue weighted by molar-refractivity contribution is 5.81. The summed E-state index contributed by atoms with van der Waals surface area (Å²) in [6.07, 6.45) is 1.52. The molecule has 0 aromatic rings. The lowest BCUT2D eigenvalue weighted by molar-refractivity contribution is -0.126. The Hall–Kier alpha value is -0.860. The normalized spacial score (nSPS) is 13.1. The standard InChI is InChI=1S/C10H19NO2/c1-7(2)5-9(6-12)11-10(13)8(3)4/h6-9H,5H2,1-4H3,(H,11,13). The molecule has 1 atom stereocenters. The summed E-state index contributed by atoms with van der Waals surface area (Å²) in [6.45, 7) is 7.68. The maximum Gasteiger partial charge on any atom is 0.223 e. The van der Waals surface area contributed by atoms with Crippen molar-refractivity contribution in [3.05, 3.63) is 0 Å². The number of carbonyl (C=O) groups excluding carboxylic acids is 2. The molecule has 3 nitrogen and oxygen atoms in total. The molecule has 0 heterocycles. The monoisotopic (exact) mass is 185 g/mol. The molecule has 13 heavy (non-hydrogen) atoms. The lowest BCUT2D eigenvalue weighted by Gasteiger charge is -2.15. The first kappa shape index (κ1) is 12.1. The van der Waals surface area contributed by atoms with Gasteiger partial charge < -0.3 is 10.1 Å². The highest BCUT2D eigenvalue weighted by Crippen LogP contribution is 2.03. The van der Waals surface area contributed by atoms with Gasteiger partial charge in [0.05, 0.1) is 6.04 Å². The number of amides is 1. The third-order valence-electron chi connectivity index (χ3n) is 1.74. The third-order valence-corrected chi connectivity index (χ3v) is 1.74. The summed E-state index contributed by atoms with van der Waals surface area (Å²) >= 11 is 0. The number of nitrogens with one attached hydrogen (secondary N) is 1. The predicted octanol–water partition coefficient (Wildman–Crippen LogP) is 1.37. The summed E-state index contributed by atoms with van der Waals surface area (Å²) in [4.78, 5) is 21.8. The van der Waals surface area contributed by atoms with Crippen LogP contribution in [0.5, 0.6) is 0 Å². The van der Waals surface area contributed by atoms with E-state index in [1.54, 1.807) is 0 Å². The van der Waals surface area contributed by atoms with Crippen LogP contribution in [0.4, 0.5) is 0 Å². The number of hydrogen-bond donors (Lipinski definition) is 1. The van der Waals surface area contributed by atoms with Gasteiger partial charge in [0.1, 0.15) is 6.29 Å². The quantitative estimate of drug-likeness (QED) is 0.657. The van der Waals surface area contributed by atoms with E-state index in [0.717, 1.165) is 6.29 Å². The van der Waals surface area contributed by atoms with Crippen molar-refractivity contribution in [1.29, 1.82) is 0 Å². The fourth-order valence-electron chi connectivity index (χ4n) is 1.01. The van der Waals surface area contributed by atoms with E-state index in [2.05, 4.69) is 5.32 Å². The number of aldehydes is 1. The van der Waals surface area contributed by atoms with Crippen LogP contribution in [0.2, 0.25) is 0 Å². The Morgan fingerprint density at radius 3 is 2.15 bits per heavy atom. The second-order valence-electron chi connectivity index (χ2n) is 4.04. The van der Waals surface area contributed by atoms with Crippen molar-refractivity contribution in [3.63, 3.8) is 0 Å². The molecule has 0 aliphatic rings. The molecule has 0 spiro atoms. The zero-order valence-electron chi connectivity index (χ0n) is 8.83. The summed E-state index contributed by atoms with van der Waals surface area (Å²) in [6, 6.07) is -0.324. The first-order valence-electron chi connectivity index (χ1n) is 4.73. The topological polar surface area (TPSA) is 46.2 Å². The van der Waals surface area contributed by atoms with Gasteiger partial charge in [-0.1, -0.05) is 27.7 Å². The molecule has 1 unspecified atom stereocenters. The average Bonchev–Trinajstić information content (AvgIpc) is 2.02. The summed E-state index contributed by atoms with van der Waals surface area (Å²) < 4.78 is 0. The van der Waals surface area contributed by atoms with E-state index in [1.165, 1.54) is 0 Å². The van der Waals surface area contributed by atoms with Gasteiger partial charge in [0.25, 0.3) is 0 Å². The van der Waals surface area contributed by atoms with Crippen LogP contribution in [0.15, 0.2) is 0 Å². The van der Waals surface area contributed by atoms with E-state index < -0.39 is 0 Å². The van der Waals surface area contributed by atoms with Crippen LogP contribution in [0.1, 0.15) is 34.1 Å². The minimum Gasteiger partial charge on any atom is -0.346 e. The van der Waals surface area contributed by atoms with Crippen molar-refractivity contribution in [2.24, 2.45) is 11.8 Å². The van der Waals surface area contributed by atoms with Crippen LogP contribution in [-0.2, 0) is 9.59 Å². The molecule has 0 aromatic carbocycles. The molecule has 0 aromatic heterocycles. The van der Waals surface area contributed by atoms with E-state index in [9.17, 15) is 9.59 Å². The van der Waals surface area contributed by atoms with Gasteiger partial charge in [0, 0.05) is 5.92 Å². The Morgan fingerprint density at radius 1 is 1.31 bits per heavy atom. The molecule has 3 heteroatoms. The van der Waals surface area contributed by atoms with E-state index in [-0.39, 0.29) is 17.9 Å². The highest BCUT2D eigenvalue weighted by atomic mass is 16.2. The second-order valence-corrected chi connectivity index (χ2v) is 4.04. The number of carbonyl (C=O) groups is 2. The molecule has 76 valence electrons. The van der Waals surface area contributed by atoms with Gasteiger partial charge >= 0.3 is 0 Å². The molecule has 0 aliphatic heterocycles. The fraction of sp³-hybridized carbons (Fsp3) is 0.800. The largest absolute Gasteiger partial charge is 0.346 e. The zero-order valence-corrected chi connectivity index (χ0v) is 8.83. The smallest absolute Gasteiger partial charge is 0.223 e. The molecule has 0 fully saturated rings. The third kappa shape index (κ3) is 5.39. The molecule has 0 saturated heterocycles. The molecule has 1 amide bonds. The van der Waals surface area contributed by atoms with E-state index >= 15 is 0 Å². The van der Waals surface area contributed by atoms with Crippen LogP contribution in [0, 0.1) is 11.8 Å². The van der Waals surface area contributed by atoms with Gasteiger partial charge in [-0.25, -0.2) is 0 Å². The van der Waals surface area contributed by atoms with Crippen molar-refractivity contribution < 1.29 is 9.59 Å². The summed E-state index contributed by atoms with van der Waals surface area (Å²) in [5.74, 6) is 0.301. The van der Waals surface area contributed by atoms with Gasteiger partial charge in [-0.05, 0) is 12.3 Å². The van der Waals surface area contributed by atoms with Crippen molar-refractivity contribution in [3.8, 4) is 0 Å². The fourth-order valence-corrected chi connectivity index (χ4v) is 1.01. The van der Waals surface area contributed by atoms with E-state index in [0.29, 0.717) is 12.3 Å². The Bertz CT molecular complexity index is 176. The predicted molar refractivity (Wildman–Crippen MR) is 52.3 cm³/mol. The zero-order chi connectivity index (χ0) is 10.4. The number of hydrogen-bond acceptors (Lipinski definition) is 2. The maximum atomic E-state index is 11.2. The van der Waals surface area contributed by atoms with Crippen molar-refractivity contribution in [1.82, 2.24) is 5.32 Å². The van der Waals surface area contributed by atoms with Crippen LogP contribution >= 0.6 is 0 Å². The number of rotatable bonds is 5. The highest BCUT2D eigenvalue weighted by Gasteiger charge is 2.14. The SMILES string of the molecule is CC(C)CC(C=O)NC(=O)C(C)C. The lowest BCUT2D eigenvalue weighted by atomic mass is 10.0. The average molecular weight is 185 g/mol. The molecular formula is C10H19NO2. The van der Waals surface area contributed by atoms with Crippen molar-refractivity contribution in [2.45, 2.75) is 40.2 Å². The molecular weight excluding hydrogens is 166 g/mol. The van der Waals surface area contributed by atoms with Crippen molar-refractivity contribution >= 4 is 12.2 Å². The lowest BCUT2D eigenvalue weighted by Crippen LogP contribution is -2.39. The Morgan fingerprint density at radius 2 is 1.85 bits per heavy atom.